The highest BCUT2D eigenvalue weighted by molar-refractivity contribution is 6.02. The van der Waals surface area contributed by atoms with E-state index in [1.165, 1.54) is 0 Å². The normalized spacial score (nSPS) is 16.9. The van der Waals surface area contributed by atoms with E-state index in [0.29, 0.717) is 13.2 Å². The molecule has 0 atom stereocenters. The van der Waals surface area contributed by atoms with Crippen molar-refractivity contribution in [2.24, 2.45) is 11.1 Å². The van der Waals surface area contributed by atoms with Gasteiger partial charge >= 0.3 is 0 Å². The summed E-state index contributed by atoms with van der Waals surface area (Å²) in [5, 5.41) is 0. The fourth-order valence-corrected chi connectivity index (χ4v) is 1.85. The van der Waals surface area contributed by atoms with Crippen molar-refractivity contribution in [3.8, 4) is 5.75 Å². The number of carbonyl (C=O) groups excluding carboxylic acids is 1. The van der Waals surface area contributed by atoms with Crippen LogP contribution in [0.4, 0.5) is 0 Å². The van der Waals surface area contributed by atoms with Crippen LogP contribution in [0.2, 0.25) is 0 Å². The Morgan fingerprint density at radius 2 is 2.00 bits per heavy atom. The second-order valence-electron chi connectivity index (χ2n) is 4.27. The minimum atomic E-state index is -0.257. The summed E-state index contributed by atoms with van der Waals surface area (Å²) in [6.07, 6.45) is 1.85. The summed E-state index contributed by atoms with van der Waals surface area (Å²) in [6, 6.07) is 7.32. The lowest BCUT2D eigenvalue weighted by molar-refractivity contribution is 0.0905. The second kappa shape index (κ2) is 4.26. The monoisotopic (exact) mass is 219 g/mol. The molecule has 0 heterocycles. The van der Waals surface area contributed by atoms with E-state index in [4.69, 9.17) is 10.5 Å². The number of hydrogen-bond acceptors (Lipinski definition) is 3. The summed E-state index contributed by atoms with van der Waals surface area (Å²) in [7, 11) is 0. The Morgan fingerprint density at radius 1 is 1.38 bits per heavy atom. The zero-order valence-electron chi connectivity index (χ0n) is 9.53. The third-order valence-electron chi connectivity index (χ3n) is 3.15. The van der Waals surface area contributed by atoms with Crippen LogP contribution in [0, 0.1) is 5.41 Å². The molecular weight excluding hydrogens is 202 g/mol. The Balaban J connectivity index is 2.13. The first-order chi connectivity index (χ1) is 7.72. The van der Waals surface area contributed by atoms with Gasteiger partial charge in [0.05, 0.1) is 6.61 Å². The van der Waals surface area contributed by atoms with E-state index in [0.717, 1.165) is 24.2 Å². The van der Waals surface area contributed by atoms with E-state index >= 15 is 0 Å². The molecule has 1 aliphatic rings. The molecule has 3 nitrogen and oxygen atoms in total. The molecule has 1 saturated carbocycles. The number of nitrogens with two attached hydrogens (primary N) is 1. The van der Waals surface area contributed by atoms with Crippen molar-refractivity contribution < 1.29 is 9.53 Å². The number of carbonyl (C=O) groups is 1. The molecule has 0 radical (unpaired) electrons. The number of benzene rings is 1. The molecule has 0 spiro atoms. The maximum atomic E-state index is 12.1. The van der Waals surface area contributed by atoms with E-state index in [2.05, 4.69) is 0 Å². The van der Waals surface area contributed by atoms with Crippen LogP contribution >= 0.6 is 0 Å². The van der Waals surface area contributed by atoms with E-state index < -0.39 is 0 Å². The molecule has 0 amide bonds. The number of Topliss-reactive ketones (excluding diaryl/α,β-unsaturated/α-hetero) is 1. The van der Waals surface area contributed by atoms with Crippen LogP contribution < -0.4 is 10.5 Å². The smallest absolute Gasteiger partial charge is 0.170 e. The zero-order valence-corrected chi connectivity index (χ0v) is 9.53. The van der Waals surface area contributed by atoms with Crippen LogP contribution in [0.15, 0.2) is 24.3 Å². The van der Waals surface area contributed by atoms with Gasteiger partial charge in [-0.1, -0.05) is 0 Å². The highest BCUT2D eigenvalue weighted by Crippen LogP contribution is 2.47. The Labute approximate surface area is 95.6 Å². The number of hydrogen-bond donors (Lipinski definition) is 1. The lowest BCUT2D eigenvalue weighted by atomic mass is 9.95. The predicted molar refractivity (Wildman–Crippen MR) is 62.7 cm³/mol. The van der Waals surface area contributed by atoms with Crippen molar-refractivity contribution in [3.63, 3.8) is 0 Å². The van der Waals surface area contributed by atoms with Crippen LogP contribution in [0.1, 0.15) is 30.1 Å². The Kier molecular flexibility index (Phi) is 2.97. The first-order valence-electron chi connectivity index (χ1n) is 5.69. The molecule has 1 aromatic rings. The fourth-order valence-electron chi connectivity index (χ4n) is 1.85. The van der Waals surface area contributed by atoms with Crippen LogP contribution in [0.5, 0.6) is 5.75 Å². The van der Waals surface area contributed by atoms with Crippen molar-refractivity contribution in [2.75, 3.05) is 13.2 Å². The zero-order chi connectivity index (χ0) is 11.6. The summed E-state index contributed by atoms with van der Waals surface area (Å²) >= 11 is 0. The molecule has 86 valence electrons. The second-order valence-corrected chi connectivity index (χ2v) is 4.27. The Hall–Kier alpha value is -1.35. The third kappa shape index (κ3) is 1.95. The lowest BCUT2D eigenvalue weighted by Gasteiger charge is -2.11. The van der Waals surface area contributed by atoms with Crippen molar-refractivity contribution in [1.29, 1.82) is 0 Å². The van der Waals surface area contributed by atoms with E-state index in [1.54, 1.807) is 0 Å². The minimum absolute atomic E-state index is 0.179. The van der Waals surface area contributed by atoms with Gasteiger partial charge in [0.15, 0.2) is 5.78 Å². The van der Waals surface area contributed by atoms with Gasteiger partial charge in [-0.3, -0.25) is 4.79 Å². The molecule has 2 rings (SSSR count). The van der Waals surface area contributed by atoms with Crippen molar-refractivity contribution in [2.45, 2.75) is 19.8 Å². The quantitative estimate of drug-likeness (QED) is 0.771. The van der Waals surface area contributed by atoms with Gasteiger partial charge in [-0.2, -0.15) is 0 Å². The Bertz CT molecular complexity index is 379. The first kappa shape index (κ1) is 11.1. The van der Waals surface area contributed by atoms with Gasteiger partial charge in [-0.05, 0) is 44.0 Å². The van der Waals surface area contributed by atoms with Crippen LogP contribution in [0.3, 0.4) is 0 Å². The van der Waals surface area contributed by atoms with Crippen LogP contribution in [-0.2, 0) is 0 Å². The van der Waals surface area contributed by atoms with Gasteiger partial charge < -0.3 is 10.5 Å². The van der Waals surface area contributed by atoms with Gasteiger partial charge in [0.25, 0.3) is 0 Å². The average molecular weight is 219 g/mol. The van der Waals surface area contributed by atoms with E-state index in [1.807, 2.05) is 31.2 Å². The summed E-state index contributed by atoms with van der Waals surface area (Å²) in [5.41, 5.74) is 6.12. The van der Waals surface area contributed by atoms with Crippen LogP contribution in [-0.4, -0.2) is 18.9 Å². The molecule has 0 bridgehead atoms. The maximum absolute atomic E-state index is 12.1. The van der Waals surface area contributed by atoms with E-state index in [9.17, 15) is 4.79 Å². The molecular formula is C13H17NO2. The molecule has 0 aromatic heterocycles. The van der Waals surface area contributed by atoms with Crippen molar-refractivity contribution in [3.05, 3.63) is 29.8 Å². The third-order valence-corrected chi connectivity index (χ3v) is 3.15. The average Bonchev–Trinajstić information content (AvgIpc) is 3.10. The first-order valence-corrected chi connectivity index (χ1v) is 5.69. The maximum Gasteiger partial charge on any atom is 0.170 e. The number of ketones is 1. The molecule has 1 fully saturated rings. The SMILES string of the molecule is CCOc1ccc(C(=O)C2(CN)CC2)cc1. The lowest BCUT2D eigenvalue weighted by Crippen LogP contribution is -2.25. The van der Waals surface area contributed by atoms with Gasteiger partial charge in [0.2, 0.25) is 0 Å². The molecule has 1 aromatic carbocycles. The molecule has 2 N–H and O–H groups in total. The van der Waals surface area contributed by atoms with Crippen molar-refractivity contribution >= 4 is 5.78 Å². The van der Waals surface area contributed by atoms with E-state index in [-0.39, 0.29) is 11.2 Å². The molecule has 0 saturated heterocycles. The molecule has 1 aliphatic carbocycles. The molecule has 0 aliphatic heterocycles. The summed E-state index contributed by atoms with van der Waals surface area (Å²) < 4.78 is 5.33. The molecule has 16 heavy (non-hydrogen) atoms. The summed E-state index contributed by atoms with van der Waals surface area (Å²) in [6.45, 7) is 3.03. The number of rotatable bonds is 5. The number of ether oxygens (including phenoxy) is 1. The fraction of sp³-hybridized carbons (Fsp3) is 0.462. The van der Waals surface area contributed by atoms with Gasteiger partial charge in [-0.15, -0.1) is 0 Å². The topological polar surface area (TPSA) is 52.3 Å². The van der Waals surface area contributed by atoms with Crippen molar-refractivity contribution in [1.82, 2.24) is 0 Å². The largest absolute Gasteiger partial charge is 0.494 e. The highest BCUT2D eigenvalue weighted by atomic mass is 16.5. The summed E-state index contributed by atoms with van der Waals surface area (Å²) in [5.74, 6) is 0.981. The van der Waals surface area contributed by atoms with Crippen LogP contribution in [0.25, 0.3) is 0 Å². The standard InChI is InChI=1S/C13H17NO2/c1-2-16-11-5-3-10(4-6-11)12(15)13(9-14)7-8-13/h3-6H,2,7-9,14H2,1H3. The highest BCUT2D eigenvalue weighted by Gasteiger charge is 2.48. The predicted octanol–water partition coefficient (Wildman–Crippen LogP) is 2.01. The Morgan fingerprint density at radius 3 is 2.44 bits per heavy atom. The van der Waals surface area contributed by atoms with Gasteiger partial charge in [-0.25, -0.2) is 0 Å². The van der Waals surface area contributed by atoms with Gasteiger partial charge in [0.1, 0.15) is 5.75 Å². The minimum Gasteiger partial charge on any atom is -0.494 e. The summed E-state index contributed by atoms with van der Waals surface area (Å²) in [4.78, 5) is 12.1. The molecule has 0 unspecified atom stereocenters. The molecule has 3 heteroatoms. The van der Waals surface area contributed by atoms with Gasteiger partial charge in [0, 0.05) is 17.5 Å².